The van der Waals surface area contributed by atoms with E-state index in [1.807, 2.05) is 0 Å². The summed E-state index contributed by atoms with van der Waals surface area (Å²) < 4.78 is 4.66. The highest BCUT2D eigenvalue weighted by Gasteiger charge is 2.39. The molecular weight excluding hydrogens is 317 g/mol. The number of ether oxygens (including phenoxy) is 1. The number of hydrogen-bond donors (Lipinski definition) is 1. The minimum atomic E-state index is -0.765. The Balaban J connectivity index is 2.17. The van der Waals surface area contributed by atoms with Crippen LogP contribution in [0.4, 0.5) is 0 Å². The quantitative estimate of drug-likeness (QED) is 0.855. The number of amides is 1. The van der Waals surface area contributed by atoms with Crippen molar-refractivity contribution in [3.05, 3.63) is 33.8 Å². The van der Waals surface area contributed by atoms with E-state index in [4.69, 9.17) is 23.2 Å². The van der Waals surface area contributed by atoms with Crippen molar-refractivity contribution in [3.8, 4) is 0 Å². The summed E-state index contributed by atoms with van der Waals surface area (Å²) in [6.45, 7) is 0.0979. The van der Waals surface area contributed by atoms with Crippen LogP contribution in [0.15, 0.2) is 18.2 Å². The number of nitrogens with zero attached hydrogens (tertiary/aromatic N) is 1. The third kappa shape index (κ3) is 3.48. The Bertz CT molecular complexity index is 544. The molecule has 1 saturated heterocycles. The zero-order valence-corrected chi connectivity index (χ0v) is 12.9. The highest BCUT2D eigenvalue weighted by Crippen LogP contribution is 2.27. The molecule has 1 heterocycles. The molecule has 0 spiro atoms. The first-order valence-corrected chi connectivity index (χ1v) is 7.18. The number of carbonyl (C=O) groups is 2. The number of β-amino-alcohol motifs (C(OH)–C–C–N with tert-alkyl or cyclic N) is 1. The van der Waals surface area contributed by atoms with Crippen LogP contribution >= 0.6 is 23.2 Å². The zero-order valence-electron chi connectivity index (χ0n) is 11.4. The third-order valence-electron chi connectivity index (χ3n) is 3.46. The normalized spacial score (nSPS) is 21.4. The molecule has 1 aliphatic heterocycles. The molecule has 1 aromatic rings. The Morgan fingerprint density at radius 2 is 2.00 bits per heavy atom. The molecule has 114 valence electrons. The molecule has 1 amide bonds. The summed E-state index contributed by atoms with van der Waals surface area (Å²) in [7, 11) is 1.25. The molecule has 1 aliphatic rings. The number of rotatable bonds is 3. The van der Waals surface area contributed by atoms with Gasteiger partial charge in [-0.2, -0.15) is 0 Å². The molecule has 5 nitrogen and oxygen atoms in total. The van der Waals surface area contributed by atoms with Crippen LogP contribution in [-0.4, -0.2) is 47.7 Å². The smallest absolute Gasteiger partial charge is 0.328 e. The molecule has 0 saturated carbocycles. The van der Waals surface area contributed by atoms with Gasteiger partial charge in [0.2, 0.25) is 5.91 Å². The number of halogens is 2. The number of carbonyl (C=O) groups excluding carboxylic acids is 2. The average molecular weight is 332 g/mol. The lowest BCUT2D eigenvalue weighted by Gasteiger charge is -2.22. The number of benzene rings is 1. The number of likely N-dealkylation sites (tertiary alicyclic amines) is 1. The summed E-state index contributed by atoms with van der Waals surface area (Å²) in [5.74, 6) is -0.859. The fraction of sp³-hybridized carbons (Fsp3) is 0.429. The molecule has 2 unspecified atom stereocenters. The number of aliphatic hydroxyl groups is 1. The first kappa shape index (κ1) is 16.1. The molecule has 1 fully saturated rings. The molecule has 0 aromatic heterocycles. The van der Waals surface area contributed by atoms with E-state index in [9.17, 15) is 14.7 Å². The summed E-state index contributed by atoms with van der Waals surface area (Å²) >= 11 is 12.1. The Morgan fingerprint density at radius 3 is 2.57 bits per heavy atom. The lowest BCUT2D eigenvalue weighted by molar-refractivity contribution is -0.150. The summed E-state index contributed by atoms with van der Waals surface area (Å²) in [4.78, 5) is 25.4. The van der Waals surface area contributed by atoms with Gasteiger partial charge in [0.25, 0.3) is 0 Å². The maximum absolute atomic E-state index is 12.4. The van der Waals surface area contributed by atoms with Gasteiger partial charge < -0.3 is 14.7 Å². The molecule has 21 heavy (non-hydrogen) atoms. The van der Waals surface area contributed by atoms with Crippen molar-refractivity contribution in [2.24, 2.45) is 0 Å². The molecule has 0 aliphatic carbocycles. The van der Waals surface area contributed by atoms with Gasteiger partial charge in [-0.25, -0.2) is 4.79 Å². The van der Waals surface area contributed by atoms with Crippen LogP contribution in [0, 0.1) is 0 Å². The van der Waals surface area contributed by atoms with Crippen LogP contribution in [0.2, 0.25) is 10.0 Å². The average Bonchev–Trinajstić information content (AvgIpc) is 2.84. The Labute approximate surface area is 132 Å². The second-order valence-electron chi connectivity index (χ2n) is 4.85. The van der Waals surface area contributed by atoms with Crippen LogP contribution in [0.1, 0.15) is 12.0 Å². The SMILES string of the molecule is COC(=O)C1CC(O)CN1C(=O)Cc1c(Cl)cccc1Cl. The van der Waals surface area contributed by atoms with Crippen molar-refractivity contribution in [1.29, 1.82) is 0 Å². The minimum absolute atomic E-state index is 0.0290. The van der Waals surface area contributed by atoms with Crippen molar-refractivity contribution >= 4 is 35.1 Å². The lowest BCUT2D eigenvalue weighted by atomic mass is 10.1. The third-order valence-corrected chi connectivity index (χ3v) is 4.17. The first-order valence-electron chi connectivity index (χ1n) is 6.42. The fourth-order valence-electron chi connectivity index (χ4n) is 2.40. The van der Waals surface area contributed by atoms with Crippen LogP contribution in [-0.2, 0) is 20.7 Å². The number of hydrogen-bond acceptors (Lipinski definition) is 4. The van der Waals surface area contributed by atoms with E-state index in [0.29, 0.717) is 15.6 Å². The van der Waals surface area contributed by atoms with E-state index in [0.717, 1.165) is 0 Å². The summed E-state index contributed by atoms with van der Waals surface area (Å²) in [5.41, 5.74) is 0.510. The van der Waals surface area contributed by atoms with Gasteiger partial charge in [0.15, 0.2) is 0 Å². The summed E-state index contributed by atoms with van der Waals surface area (Å²) in [6.07, 6.45) is -0.590. The van der Waals surface area contributed by atoms with E-state index in [-0.39, 0.29) is 25.3 Å². The van der Waals surface area contributed by atoms with Gasteiger partial charge in [0.05, 0.1) is 19.6 Å². The first-order chi connectivity index (χ1) is 9.93. The second kappa shape index (κ2) is 6.64. The fourth-order valence-corrected chi connectivity index (χ4v) is 2.93. The molecule has 2 rings (SSSR count). The topological polar surface area (TPSA) is 66.8 Å². The second-order valence-corrected chi connectivity index (χ2v) is 5.67. The van der Waals surface area contributed by atoms with Crippen LogP contribution in [0.25, 0.3) is 0 Å². The van der Waals surface area contributed by atoms with E-state index in [1.165, 1.54) is 12.0 Å². The minimum Gasteiger partial charge on any atom is -0.467 e. The molecule has 0 radical (unpaired) electrons. The Morgan fingerprint density at radius 1 is 1.38 bits per heavy atom. The molecule has 1 aromatic carbocycles. The maximum atomic E-state index is 12.4. The number of esters is 1. The molecule has 0 bridgehead atoms. The number of methoxy groups -OCH3 is 1. The van der Waals surface area contributed by atoms with Crippen molar-refractivity contribution in [2.45, 2.75) is 25.0 Å². The Kier molecular flexibility index (Phi) is 5.08. The van der Waals surface area contributed by atoms with E-state index < -0.39 is 18.1 Å². The highest BCUT2D eigenvalue weighted by atomic mass is 35.5. The predicted octanol–water partition coefficient (Wildman–Crippen LogP) is 1.67. The monoisotopic (exact) mass is 331 g/mol. The summed E-state index contributed by atoms with van der Waals surface area (Å²) in [5, 5.41) is 10.5. The van der Waals surface area contributed by atoms with Gasteiger partial charge in [-0.1, -0.05) is 29.3 Å². The van der Waals surface area contributed by atoms with Crippen molar-refractivity contribution in [1.82, 2.24) is 4.90 Å². The Hall–Kier alpha value is -1.30. The summed E-state index contributed by atoms with van der Waals surface area (Å²) in [6, 6.07) is 4.22. The molecule has 2 atom stereocenters. The van der Waals surface area contributed by atoms with Crippen molar-refractivity contribution in [2.75, 3.05) is 13.7 Å². The van der Waals surface area contributed by atoms with Crippen LogP contribution < -0.4 is 0 Å². The van der Waals surface area contributed by atoms with Crippen molar-refractivity contribution < 1.29 is 19.4 Å². The molecule has 7 heteroatoms. The highest BCUT2D eigenvalue weighted by molar-refractivity contribution is 6.36. The van der Waals surface area contributed by atoms with E-state index >= 15 is 0 Å². The van der Waals surface area contributed by atoms with Crippen molar-refractivity contribution in [3.63, 3.8) is 0 Å². The lowest BCUT2D eigenvalue weighted by Crippen LogP contribution is -2.42. The van der Waals surface area contributed by atoms with Gasteiger partial charge in [0.1, 0.15) is 6.04 Å². The van der Waals surface area contributed by atoms with E-state index in [1.54, 1.807) is 18.2 Å². The van der Waals surface area contributed by atoms with Gasteiger partial charge in [0, 0.05) is 23.0 Å². The van der Waals surface area contributed by atoms with E-state index in [2.05, 4.69) is 4.74 Å². The van der Waals surface area contributed by atoms with Crippen LogP contribution in [0.3, 0.4) is 0 Å². The molecular formula is C14H15Cl2NO4. The zero-order chi connectivity index (χ0) is 15.6. The van der Waals surface area contributed by atoms with Gasteiger partial charge in [-0.15, -0.1) is 0 Å². The van der Waals surface area contributed by atoms with Gasteiger partial charge in [-0.3, -0.25) is 4.79 Å². The maximum Gasteiger partial charge on any atom is 0.328 e. The van der Waals surface area contributed by atoms with Crippen LogP contribution in [0.5, 0.6) is 0 Å². The standard InChI is InChI=1S/C14H15Cl2NO4/c1-21-14(20)12-5-8(18)7-17(12)13(19)6-9-10(15)3-2-4-11(9)16/h2-4,8,12,18H,5-7H2,1H3. The van der Waals surface area contributed by atoms with Gasteiger partial charge in [-0.05, 0) is 17.7 Å². The predicted molar refractivity (Wildman–Crippen MR) is 78.3 cm³/mol. The van der Waals surface area contributed by atoms with Gasteiger partial charge >= 0.3 is 5.97 Å². The number of aliphatic hydroxyl groups excluding tert-OH is 1. The molecule has 1 N–H and O–H groups in total. The largest absolute Gasteiger partial charge is 0.467 e.